The van der Waals surface area contributed by atoms with Crippen LogP contribution < -0.4 is 5.73 Å². The van der Waals surface area contributed by atoms with Crippen molar-refractivity contribution in [3.63, 3.8) is 0 Å². The largest absolute Gasteiger partial charge is 0.392 e. The number of carbonyl (C=O) groups is 1. The highest BCUT2D eigenvalue weighted by molar-refractivity contribution is 5.92. The van der Waals surface area contributed by atoms with E-state index in [4.69, 9.17) is 5.73 Å². The summed E-state index contributed by atoms with van der Waals surface area (Å²) in [7, 11) is 0. The molecule has 1 amide bonds. The van der Waals surface area contributed by atoms with Crippen LogP contribution in [0, 0.1) is 5.82 Å². The topological polar surface area (TPSA) is 66.6 Å². The highest BCUT2D eigenvalue weighted by atomic mass is 19.1. The molecule has 1 aromatic rings. The molecule has 0 bridgehead atoms. The zero-order valence-corrected chi connectivity index (χ0v) is 9.40. The minimum Gasteiger partial charge on any atom is -0.392 e. The first-order valence-electron chi connectivity index (χ1n) is 5.55. The smallest absolute Gasteiger partial charge is 0.248 e. The molecule has 1 aromatic carbocycles. The maximum absolute atomic E-state index is 13.7. The van der Waals surface area contributed by atoms with E-state index in [1.807, 2.05) is 4.90 Å². The monoisotopic (exact) mass is 238 g/mol. The molecule has 92 valence electrons. The van der Waals surface area contributed by atoms with Gasteiger partial charge in [-0.25, -0.2) is 4.39 Å². The van der Waals surface area contributed by atoms with Crippen LogP contribution in [0.4, 0.5) is 4.39 Å². The van der Waals surface area contributed by atoms with Crippen molar-refractivity contribution >= 4 is 5.91 Å². The Morgan fingerprint density at radius 1 is 1.59 bits per heavy atom. The van der Waals surface area contributed by atoms with Gasteiger partial charge in [0.2, 0.25) is 5.91 Å². The van der Waals surface area contributed by atoms with Crippen molar-refractivity contribution in [2.24, 2.45) is 5.73 Å². The lowest BCUT2D eigenvalue weighted by Gasteiger charge is -2.15. The Morgan fingerprint density at radius 3 is 2.88 bits per heavy atom. The van der Waals surface area contributed by atoms with Gasteiger partial charge < -0.3 is 10.8 Å². The second-order valence-electron chi connectivity index (χ2n) is 4.35. The fraction of sp³-hybridized carbons (Fsp3) is 0.417. The Balaban J connectivity index is 2.09. The van der Waals surface area contributed by atoms with Gasteiger partial charge in [0.1, 0.15) is 5.82 Å². The molecule has 0 radical (unpaired) electrons. The van der Waals surface area contributed by atoms with Crippen molar-refractivity contribution in [3.8, 4) is 0 Å². The van der Waals surface area contributed by atoms with Crippen LogP contribution in [-0.2, 0) is 6.54 Å². The summed E-state index contributed by atoms with van der Waals surface area (Å²) in [5.41, 5.74) is 5.76. The van der Waals surface area contributed by atoms with Crippen molar-refractivity contribution in [3.05, 3.63) is 35.1 Å². The van der Waals surface area contributed by atoms with E-state index in [0.717, 1.165) is 19.0 Å². The number of amides is 1. The Labute approximate surface area is 98.8 Å². The van der Waals surface area contributed by atoms with Crippen LogP contribution in [0.2, 0.25) is 0 Å². The summed E-state index contributed by atoms with van der Waals surface area (Å²) in [6.45, 7) is 1.77. The molecule has 1 atom stereocenters. The van der Waals surface area contributed by atoms with Crippen LogP contribution in [0.15, 0.2) is 18.2 Å². The average molecular weight is 238 g/mol. The maximum Gasteiger partial charge on any atom is 0.248 e. The first-order valence-corrected chi connectivity index (χ1v) is 5.55. The quantitative estimate of drug-likeness (QED) is 0.805. The molecule has 1 saturated heterocycles. The predicted octanol–water partition coefficient (Wildman–Crippen LogP) is 0.491. The van der Waals surface area contributed by atoms with Gasteiger partial charge in [-0.1, -0.05) is 6.07 Å². The van der Waals surface area contributed by atoms with Crippen LogP contribution in [0.1, 0.15) is 22.3 Å². The lowest BCUT2D eigenvalue weighted by molar-refractivity contribution is 0.1000. The molecule has 1 fully saturated rings. The highest BCUT2D eigenvalue weighted by Crippen LogP contribution is 2.16. The van der Waals surface area contributed by atoms with Gasteiger partial charge in [0.15, 0.2) is 0 Å². The molecule has 3 N–H and O–H groups in total. The number of hydrogen-bond donors (Lipinski definition) is 2. The van der Waals surface area contributed by atoms with Gasteiger partial charge in [0.25, 0.3) is 0 Å². The molecule has 5 heteroatoms. The second-order valence-corrected chi connectivity index (χ2v) is 4.35. The average Bonchev–Trinajstić information content (AvgIpc) is 2.67. The van der Waals surface area contributed by atoms with E-state index in [1.54, 1.807) is 6.07 Å². The number of rotatable bonds is 3. The van der Waals surface area contributed by atoms with Crippen LogP contribution in [-0.4, -0.2) is 35.1 Å². The first kappa shape index (κ1) is 12.0. The number of benzene rings is 1. The Kier molecular flexibility index (Phi) is 3.40. The lowest BCUT2D eigenvalue weighted by Crippen LogP contribution is -2.22. The van der Waals surface area contributed by atoms with Gasteiger partial charge in [0, 0.05) is 30.8 Å². The molecule has 0 saturated carbocycles. The minimum atomic E-state index is -0.632. The van der Waals surface area contributed by atoms with E-state index in [-0.39, 0.29) is 11.7 Å². The number of aliphatic hydroxyl groups excluding tert-OH is 1. The summed E-state index contributed by atoms with van der Waals surface area (Å²) in [4.78, 5) is 12.8. The van der Waals surface area contributed by atoms with Gasteiger partial charge in [-0.05, 0) is 18.6 Å². The van der Waals surface area contributed by atoms with Crippen molar-refractivity contribution < 1.29 is 14.3 Å². The van der Waals surface area contributed by atoms with Crippen LogP contribution in [0.3, 0.4) is 0 Å². The summed E-state index contributed by atoms with van der Waals surface area (Å²) in [5, 5.41) is 9.37. The number of likely N-dealkylation sites (tertiary alicyclic amines) is 1. The normalized spacial score (nSPS) is 20.7. The summed E-state index contributed by atoms with van der Waals surface area (Å²) in [6, 6.07) is 4.25. The molecule has 2 rings (SSSR count). The van der Waals surface area contributed by atoms with E-state index < -0.39 is 11.7 Å². The number of halogens is 1. The van der Waals surface area contributed by atoms with Gasteiger partial charge in [-0.2, -0.15) is 0 Å². The van der Waals surface area contributed by atoms with E-state index >= 15 is 0 Å². The fourth-order valence-corrected chi connectivity index (χ4v) is 2.03. The molecule has 4 nitrogen and oxygen atoms in total. The number of nitrogens with two attached hydrogens (primary N) is 1. The Hall–Kier alpha value is -1.46. The third-order valence-corrected chi connectivity index (χ3v) is 2.98. The summed E-state index contributed by atoms with van der Waals surface area (Å²) in [6.07, 6.45) is 0.406. The SMILES string of the molecule is NC(=O)c1ccc(CN2CC[C@H](O)C2)c(F)c1. The number of nitrogens with zero attached hydrogens (tertiary/aromatic N) is 1. The van der Waals surface area contributed by atoms with Crippen LogP contribution in [0.25, 0.3) is 0 Å². The number of carbonyl (C=O) groups excluding carboxylic acids is 1. The molecule has 1 heterocycles. The third kappa shape index (κ3) is 2.81. The maximum atomic E-state index is 13.7. The Bertz CT molecular complexity index is 437. The molecular weight excluding hydrogens is 223 g/mol. The van der Waals surface area contributed by atoms with Crippen LogP contribution in [0.5, 0.6) is 0 Å². The fourth-order valence-electron chi connectivity index (χ4n) is 2.03. The molecule has 0 aromatic heterocycles. The summed E-state index contributed by atoms with van der Waals surface area (Å²) in [5.74, 6) is -1.06. The molecule has 0 unspecified atom stereocenters. The number of aliphatic hydroxyl groups is 1. The molecular formula is C12H15FN2O2. The lowest BCUT2D eigenvalue weighted by atomic mass is 10.1. The summed E-state index contributed by atoms with van der Waals surface area (Å²) >= 11 is 0. The van der Waals surface area contributed by atoms with Gasteiger partial charge >= 0.3 is 0 Å². The van der Waals surface area contributed by atoms with Gasteiger partial charge in [0.05, 0.1) is 6.10 Å². The molecule has 0 aliphatic carbocycles. The number of hydrogen-bond acceptors (Lipinski definition) is 3. The third-order valence-electron chi connectivity index (χ3n) is 2.98. The van der Waals surface area contributed by atoms with Crippen molar-refractivity contribution in [1.82, 2.24) is 4.90 Å². The zero-order chi connectivity index (χ0) is 12.4. The van der Waals surface area contributed by atoms with E-state index in [2.05, 4.69) is 0 Å². The Morgan fingerprint density at radius 2 is 2.35 bits per heavy atom. The van der Waals surface area contributed by atoms with E-state index in [9.17, 15) is 14.3 Å². The standard InChI is InChI=1S/C12H15FN2O2/c13-11-5-8(12(14)17)1-2-9(11)6-15-4-3-10(16)7-15/h1-2,5,10,16H,3-4,6-7H2,(H2,14,17)/t10-/m0/s1. The second kappa shape index (κ2) is 4.81. The van der Waals surface area contributed by atoms with Gasteiger partial charge in [-0.3, -0.25) is 9.69 Å². The molecule has 17 heavy (non-hydrogen) atoms. The van der Waals surface area contributed by atoms with E-state index in [1.165, 1.54) is 6.07 Å². The first-order chi connectivity index (χ1) is 8.06. The van der Waals surface area contributed by atoms with Crippen molar-refractivity contribution in [1.29, 1.82) is 0 Å². The molecule has 1 aliphatic rings. The summed E-state index contributed by atoms with van der Waals surface area (Å²) < 4.78 is 13.7. The van der Waals surface area contributed by atoms with Crippen molar-refractivity contribution in [2.45, 2.75) is 19.1 Å². The van der Waals surface area contributed by atoms with Crippen molar-refractivity contribution in [2.75, 3.05) is 13.1 Å². The van der Waals surface area contributed by atoms with E-state index in [0.29, 0.717) is 18.7 Å². The number of primary amides is 1. The van der Waals surface area contributed by atoms with Gasteiger partial charge in [-0.15, -0.1) is 0 Å². The zero-order valence-electron chi connectivity index (χ0n) is 9.40. The minimum absolute atomic E-state index is 0.174. The number of β-amino-alcohol motifs (C(OH)–C–C–N with tert-alkyl or cyclic N) is 1. The predicted molar refractivity (Wildman–Crippen MR) is 60.8 cm³/mol. The van der Waals surface area contributed by atoms with Crippen LogP contribution >= 0.6 is 0 Å². The molecule has 0 spiro atoms. The highest BCUT2D eigenvalue weighted by Gasteiger charge is 2.21. The molecule has 1 aliphatic heterocycles.